The van der Waals surface area contributed by atoms with Crippen LogP contribution in [0, 0.1) is 0 Å². The largest absolute Gasteiger partial charge is 0.497 e. The average molecular weight is 178 g/mol. The number of benzene rings is 1. The quantitative estimate of drug-likeness (QED) is 0.612. The molecule has 2 radical (unpaired) electrons. The van der Waals surface area contributed by atoms with Crippen molar-refractivity contribution in [2.75, 3.05) is 7.11 Å². The van der Waals surface area contributed by atoms with Crippen LogP contribution in [0.1, 0.15) is 11.1 Å². The molecule has 68 valence electrons. The standard InChI is InChI=1S/C9H11BO3/c1-13-8-3-6(4-11)2-7(5-12)9(8)10/h2-3,11-12H,4-5H2,1H3. The summed E-state index contributed by atoms with van der Waals surface area (Å²) in [5, 5.41) is 17.8. The Morgan fingerprint density at radius 2 is 2.00 bits per heavy atom. The Bertz CT molecular complexity index is 274. The highest BCUT2D eigenvalue weighted by Crippen LogP contribution is 2.13. The van der Waals surface area contributed by atoms with Crippen molar-refractivity contribution in [3.05, 3.63) is 23.3 Å². The third-order valence-corrected chi connectivity index (χ3v) is 1.86. The molecule has 0 saturated carbocycles. The van der Waals surface area contributed by atoms with E-state index in [1.165, 1.54) is 7.11 Å². The first-order chi connectivity index (χ1) is 6.22. The van der Waals surface area contributed by atoms with Gasteiger partial charge in [-0.15, -0.1) is 0 Å². The summed E-state index contributed by atoms with van der Waals surface area (Å²) in [7, 11) is 7.16. The zero-order valence-electron chi connectivity index (χ0n) is 7.45. The van der Waals surface area contributed by atoms with Crippen LogP contribution in [-0.4, -0.2) is 25.2 Å². The molecule has 2 N–H and O–H groups in total. The van der Waals surface area contributed by atoms with Gasteiger partial charge in [-0.3, -0.25) is 0 Å². The van der Waals surface area contributed by atoms with Gasteiger partial charge in [-0.25, -0.2) is 0 Å². The van der Waals surface area contributed by atoms with Crippen LogP contribution in [0.25, 0.3) is 0 Å². The second-order valence-electron chi connectivity index (χ2n) is 2.69. The Kier molecular flexibility index (Phi) is 3.34. The Labute approximate surface area is 78.4 Å². The first kappa shape index (κ1) is 10.1. The van der Waals surface area contributed by atoms with Gasteiger partial charge in [0, 0.05) is 0 Å². The predicted octanol–water partition coefficient (Wildman–Crippen LogP) is -0.526. The summed E-state index contributed by atoms with van der Waals surface area (Å²) < 4.78 is 4.98. The molecule has 0 unspecified atom stereocenters. The van der Waals surface area contributed by atoms with E-state index < -0.39 is 0 Å². The van der Waals surface area contributed by atoms with E-state index in [0.29, 0.717) is 22.3 Å². The van der Waals surface area contributed by atoms with Gasteiger partial charge in [-0.1, -0.05) is 11.5 Å². The van der Waals surface area contributed by atoms with Crippen molar-refractivity contribution in [1.82, 2.24) is 0 Å². The minimum atomic E-state index is -0.157. The molecule has 0 atom stereocenters. The Hall–Kier alpha value is -0.995. The highest BCUT2D eigenvalue weighted by Gasteiger charge is 2.05. The van der Waals surface area contributed by atoms with Crippen LogP contribution in [0.5, 0.6) is 5.75 Å². The number of aliphatic hydroxyl groups is 2. The molecule has 1 aromatic rings. The summed E-state index contributed by atoms with van der Waals surface area (Å²) >= 11 is 0. The molecular formula is C9H11BO3. The van der Waals surface area contributed by atoms with Crippen molar-refractivity contribution >= 4 is 13.3 Å². The van der Waals surface area contributed by atoms with Gasteiger partial charge in [0.05, 0.1) is 20.3 Å². The molecule has 0 fully saturated rings. The molecule has 3 nitrogen and oxygen atoms in total. The molecular weight excluding hydrogens is 167 g/mol. The molecule has 0 spiro atoms. The van der Waals surface area contributed by atoms with Gasteiger partial charge in [-0.2, -0.15) is 0 Å². The Balaban J connectivity index is 3.20. The minimum Gasteiger partial charge on any atom is -0.497 e. The van der Waals surface area contributed by atoms with Crippen LogP contribution < -0.4 is 10.2 Å². The fraction of sp³-hybridized carbons (Fsp3) is 0.333. The molecule has 0 bridgehead atoms. The van der Waals surface area contributed by atoms with Gasteiger partial charge in [0.2, 0.25) is 0 Å². The van der Waals surface area contributed by atoms with E-state index in [-0.39, 0.29) is 13.2 Å². The lowest BCUT2D eigenvalue weighted by atomic mass is 9.88. The first-order valence-corrected chi connectivity index (χ1v) is 3.90. The molecule has 0 aliphatic rings. The van der Waals surface area contributed by atoms with Crippen molar-refractivity contribution in [3.8, 4) is 5.75 Å². The van der Waals surface area contributed by atoms with Gasteiger partial charge in [0.25, 0.3) is 0 Å². The molecule has 13 heavy (non-hydrogen) atoms. The van der Waals surface area contributed by atoms with Crippen LogP contribution in [0.15, 0.2) is 12.1 Å². The van der Waals surface area contributed by atoms with Crippen molar-refractivity contribution in [3.63, 3.8) is 0 Å². The lowest BCUT2D eigenvalue weighted by Crippen LogP contribution is -2.14. The summed E-state index contributed by atoms with van der Waals surface area (Å²) in [6.07, 6.45) is 0. The SMILES string of the molecule is [B]c1c(CO)cc(CO)cc1OC. The molecule has 1 rings (SSSR count). The smallest absolute Gasteiger partial charge is 0.119 e. The van der Waals surface area contributed by atoms with Crippen LogP contribution in [-0.2, 0) is 13.2 Å². The second kappa shape index (κ2) is 4.30. The topological polar surface area (TPSA) is 49.7 Å². The van der Waals surface area contributed by atoms with Crippen LogP contribution in [0.2, 0.25) is 0 Å². The maximum Gasteiger partial charge on any atom is 0.119 e. The molecule has 0 amide bonds. The molecule has 4 heteroatoms. The third-order valence-electron chi connectivity index (χ3n) is 1.86. The van der Waals surface area contributed by atoms with Crippen molar-refractivity contribution in [2.45, 2.75) is 13.2 Å². The van der Waals surface area contributed by atoms with E-state index in [4.69, 9.17) is 22.8 Å². The summed E-state index contributed by atoms with van der Waals surface area (Å²) in [6.45, 7) is -0.250. The molecule has 1 aromatic carbocycles. The van der Waals surface area contributed by atoms with E-state index in [2.05, 4.69) is 0 Å². The molecule has 0 saturated heterocycles. The minimum absolute atomic E-state index is 0.0936. The first-order valence-electron chi connectivity index (χ1n) is 3.90. The van der Waals surface area contributed by atoms with E-state index >= 15 is 0 Å². The van der Waals surface area contributed by atoms with Crippen LogP contribution in [0.3, 0.4) is 0 Å². The van der Waals surface area contributed by atoms with Gasteiger partial charge in [0.15, 0.2) is 0 Å². The fourth-order valence-corrected chi connectivity index (χ4v) is 1.14. The second-order valence-corrected chi connectivity index (χ2v) is 2.69. The third kappa shape index (κ3) is 2.02. The van der Waals surface area contributed by atoms with Crippen molar-refractivity contribution < 1.29 is 14.9 Å². The summed E-state index contributed by atoms with van der Waals surface area (Å²) in [5.41, 5.74) is 1.67. The number of hydrogen-bond donors (Lipinski definition) is 2. The van der Waals surface area contributed by atoms with Gasteiger partial charge >= 0.3 is 0 Å². The number of aliphatic hydroxyl groups excluding tert-OH is 2. The van der Waals surface area contributed by atoms with Gasteiger partial charge in [0.1, 0.15) is 13.6 Å². The monoisotopic (exact) mass is 178 g/mol. The van der Waals surface area contributed by atoms with E-state index in [1.54, 1.807) is 12.1 Å². The number of rotatable bonds is 3. The van der Waals surface area contributed by atoms with E-state index in [9.17, 15) is 0 Å². The molecule has 0 aliphatic heterocycles. The summed E-state index contributed by atoms with van der Waals surface area (Å²) in [4.78, 5) is 0. The average Bonchev–Trinajstić information content (AvgIpc) is 2.18. The van der Waals surface area contributed by atoms with E-state index in [1.807, 2.05) is 0 Å². The molecule has 0 aromatic heterocycles. The zero-order chi connectivity index (χ0) is 9.84. The van der Waals surface area contributed by atoms with Crippen molar-refractivity contribution in [1.29, 1.82) is 0 Å². The summed E-state index contributed by atoms with van der Waals surface area (Å²) in [6, 6.07) is 3.30. The lowest BCUT2D eigenvalue weighted by Gasteiger charge is -2.11. The van der Waals surface area contributed by atoms with Crippen LogP contribution >= 0.6 is 0 Å². The molecule has 0 aliphatic carbocycles. The zero-order valence-corrected chi connectivity index (χ0v) is 7.45. The maximum atomic E-state index is 8.94. The normalized spacial score (nSPS) is 10.1. The lowest BCUT2D eigenvalue weighted by molar-refractivity contribution is 0.274. The molecule has 0 heterocycles. The Morgan fingerprint density at radius 1 is 1.31 bits per heavy atom. The van der Waals surface area contributed by atoms with E-state index in [0.717, 1.165) is 0 Å². The summed E-state index contributed by atoms with van der Waals surface area (Å²) in [5.74, 6) is 0.482. The van der Waals surface area contributed by atoms with Crippen LogP contribution in [0.4, 0.5) is 0 Å². The van der Waals surface area contributed by atoms with Gasteiger partial charge in [-0.05, 0) is 17.2 Å². The fourth-order valence-electron chi connectivity index (χ4n) is 1.14. The van der Waals surface area contributed by atoms with Crippen molar-refractivity contribution in [2.24, 2.45) is 0 Å². The van der Waals surface area contributed by atoms with Gasteiger partial charge < -0.3 is 14.9 Å². The number of hydrogen-bond acceptors (Lipinski definition) is 3. The number of methoxy groups -OCH3 is 1. The number of ether oxygens (including phenoxy) is 1. The maximum absolute atomic E-state index is 8.94. The predicted molar refractivity (Wildman–Crippen MR) is 50.2 cm³/mol. The highest BCUT2D eigenvalue weighted by molar-refractivity contribution is 6.35. The Morgan fingerprint density at radius 3 is 2.46 bits per heavy atom. The highest BCUT2D eigenvalue weighted by atomic mass is 16.5.